The number of carbonyl (C=O) groups excluding carboxylic acids is 2. The molecule has 0 fully saturated rings. The van der Waals surface area contributed by atoms with Gasteiger partial charge in [-0.2, -0.15) is 0 Å². The highest BCUT2D eigenvalue weighted by Crippen LogP contribution is 2.28. The van der Waals surface area contributed by atoms with Crippen LogP contribution in [0.3, 0.4) is 0 Å². The van der Waals surface area contributed by atoms with Gasteiger partial charge in [-0.1, -0.05) is 11.3 Å². The molecule has 6 nitrogen and oxygen atoms in total. The van der Waals surface area contributed by atoms with Crippen LogP contribution in [0.25, 0.3) is 10.1 Å². The molecule has 0 saturated heterocycles. The Morgan fingerprint density at radius 1 is 1.41 bits per heavy atom. The molecule has 1 heterocycles. The van der Waals surface area contributed by atoms with E-state index in [0.717, 1.165) is 12.1 Å². The molecule has 1 aromatic heterocycles. The standard InChI is InChI=1S/C14H12FNO5S/c1-2-21-10(17)6-16-13(19)11-12(18)8-4-3-7(15)5-9(8)22-14(11)20/h3-5,20H,2,6H2,1H3,(H,16,19). The van der Waals surface area contributed by atoms with E-state index in [4.69, 9.17) is 0 Å². The number of carbonyl (C=O) groups is 2. The lowest BCUT2D eigenvalue weighted by atomic mass is 10.2. The fourth-order valence-electron chi connectivity index (χ4n) is 1.81. The number of benzene rings is 1. The lowest BCUT2D eigenvalue weighted by Gasteiger charge is -2.07. The Hall–Kier alpha value is -2.48. The van der Waals surface area contributed by atoms with Crippen LogP contribution in [-0.4, -0.2) is 30.1 Å². The number of aromatic hydroxyl groups is 1. The van der Waals surface area contributed by atoms with Gasteiger partial charge in [0, 0.05) is 10.1 Å². The zero-order chi connectivity index (χ0) is 16.3. The van der Waals surface area contributed by atoms with Crippen LogP contribution in [-0.2, 0) is 9.53 Å². The first-order valence-corrected chi connectivity index (χ1v) is 7.14. The monoisotopic (exact) mass is 325 g/mol. The van der Waals surface area contributed by atoms with Gasteiger partial charge in [0.2, 0.25) is 5.43 Å². The molecule has 0 radical (unpaired) electrons. The summed E-state index contributed by atoms with van der Waals surface area (Å²) >= 11 is 0.708. The molecule has 2 rings (SSSR count). The van der Waals surface area contributed by atoms with Gasteiger partial charge in [-0.25, -0.2) is 4.39 Å². The molecule has 22 heavy (non-hydrogen) atoms. The van der Waals surface area contributed by atoms with Crippen LogP contribution in [0.5, 0.6) is 5.06 Å². The summed E-state index contributed by atoms with van der Waals surface area (Å²) in [6.45, 7) is 1.36. The number of esters is 1. The van der Waals surface area contributed by atoms with Crippen LogP contribution >= 0.6 is 11.3 Å². The topological polar surface area (TPSA) is 92.7 Å². The molecule has 2 N–H and O–H groups in total. The molecule has 0 spiro atoms. The third-order valence-corrected chi connectivity index (χ3v) is 3.72. The smallest absolute Gasteiger partial charge is 0.325 e. The highest BCUT2D eigenvalue weighted by Gasteiger charge is 2.20. The van der Waals surface area contributed by atoms with Crippen molar-refractivity contribution in [2.75, 3.05) is 13.2 Å². The molecule has 2 aromatic rings. The summed E-state index contributed by atoms with van der Waals surface area (Å²) < 4.78 is 18.0. The number of halogens is 1. The van der Waals surface area contributed by atoms with Gasteiger partial charge in [0.1, 0.15) is 17.9 Å². The van der Waals surface area contributed by atoms with Gasteiger partial charge in [-0.3, -0.25) is 14.4 Å². The number of hydrogen-bond acceptors (Lipinski definition) is 6. The van der Waals surface area contributed by atoms with Gasteiger partial charge in [-0.05, 0) is 25.1 Å². The number of rotatable bonds is 4. The minimum Gasteiger partial charge on any atom is -0.499 e. The van der Waals surface area contributed by atoms with Crippen LogP contribution in [0.1, 0.15) is 17.3 Å². The Balaban J connectivity index is 2.35. The number of fused-ring (bicyclic) bond motifs is 1. The van der Waals surface area contributed by atoms with Crippen molar-refractivity contribution in [1.82, 2.24) is 5.32 Å². The minimum absolute atomic E-state index is 0.116. The molecule has 1 amide bonds. The molecule has 1 aromatic carbocycles. The lowest BCUT2D eigenvalue weighted by Crippen LogP contribution is -2.33. The number of nitrogens with one attached hydrogen (secondary N) is 1. The molecule has 0 aliphatic carbocycles. The van der Waals surface area contributed by atoms with Crippen LogP contribution in [0.2, 0.25) is 0 Å². The fourth-order valence-corrected chi connectivity index (χ4v) is 2.75. The van der Waals surface area contributed by atoms with Crippen molar-refractivity contribution < 1.29 is 23.8 Å². The van der Waals surface area contributed by atoms with Gasteiger partial charge in [0.25, 0.3) is 5.91 Å². The van der Waals surface area contributed by atoms with Crippen molar-refractivity contribution in [3.05, 3.63) is 39.8 Å². The SMILES string of the molecule is CCOC(=O)CNC(=O)c1c(O)sc2cc(F)ccc2c1=O. The predicted molar refractivity (Wildman–Crippen MR) is 78.7 cm³/mol. The molecular weight excluding hydrogens is 313 g/mol. The van der Waals surface area contributed by atoms with Crippen molar-refractivity contribution in [3.63, 3.8) is 0 Å². The highest BCUT2D eigenvalue weighted by molar-refractivity contribution is 7.20. The van der Waals surface area contributed by atoms with Gasteiger partial charge < -0.3 is 15.2 Å². The van der Waals surface area contributed by atoms with Gasteiger partial charge in [-0.15, -0.1) is 0 Å². The molecule has 0 saturated carbocycles. The molecule has 116 valence electrons. The quantitative estimate of drug-likeness (QED) is 0.829. The van der Waals surface area contributed by atoms with E-state index in [1.807, 2.05) is 0 Å². The van der Waals surface area contributed by atoms with Crippen molar-refractivity contribution in [2.45, 2.75) is 6.92 Å². The predicted octanol–water partition coefficient (Wildman–Crippen LogP) is 1.40. The molecule has 0 aliphatic heterocycles. The van der Waals surface area contributed by atoms with Crippen LogP contribution in [0.15, 0.2) is 23.0 Å². The summed E-state index contributed by atoms with van der Waals surface area (Å²) in [5.41, 5.74) is -1.21. The Morgan fingerprint density at radius 3 is 2.82 bits per heavy atom. The molecule has 0 bridgehead atoms. The third kappa shape index (κ3) is 3.22. The van der Waals surface area contributed by atoms with Crippen molar-refractivity contribution in [3.8, 4) is 5.06 Å². The zero-order valence-corrected chi connectivity index (χ0v) is 12.3. The maximum absolute atomic E-state index is 13.1. The number of amides is 1. The van der Waals surface area contributed by atoms with E-state index in [1.54, 1.807) is 6.92 Å². The van der Waals surface area contributed by atoms with Crippen molar-refractivity contribution in [2.24, 2.45) is 0 Å². The second kappa shape index (κ2) is 6.52. The van der Waals surface area contributed by atoms with E-state index in [2.05, 4.69) is 10.1 Å². The van der Waals surface area contributed by atoms with Gasteiger partial charge in [0.05, 0.1) is 6.61 Å². The van der Waals surface area contributed by atoms with E-state index in [1.165, 1.54) is 6.07 Å². The van der Waals surface area contributed by atoms with E-state index >= 15 is 0 Å². The third-order valence-electron chi connectivity index (χ3n) is 2.76. The first-order valence-electron chi connectivity index (χ1n) is 6.33. The maximum atomic E-state index is 13.1. The molecular formula is C14H12FNO5S. The van der Waals surface area contributed by atoms with Crippen LogP contribution in [0, 0.1) is 5.82 Å². The number of hydrogen-bond donors (Lipinski definition) is 2. The maximum Gasteiger partial charge on any atom is 0.325 e. The largest absolute Gasteiger partial charge is 0.499 e. The van der Waals surface area contributed by atoms with E-state index in [9.17, 15) is 23.9 Å². The second-order valence-corrected chi connectivity index (χ2v) is 5.27. The minimum atomic E-state index is -0.891. The Bertz CT molecular complexity index is 802. The van der Waals surface area contributed by atoms with Gasteiger partial charge in [0.15, 0.2) is 5.06 Å². The Labute approximate surface area is 128 Å². The summed E-state index contributed by atoms with van der Waals surface area (Å²) in [6.07, 6.45) is 0. The van der Waals surface area contributed by atoms with Gasteiger partial charge >= 0.3 is 5.97 Å². The average molecular weight is 325 g/mol. The zero-order valence-electron chi connectivity index (χ0n) is 11.5. The average Bonchev–Trinajstić information content (AvgIpc) is 2.45. The summed E-state index contributed by atoms with van der Waals surface area (Å²) in [5.74, 6) is -2.10. The summed E-state index contributed by atoms with van der Waals surface area (Å²) in [7, 11) is 0. The summed E-state index contributed by atoms with van der Waals surface area (Å²) in [5, 5.41) is 11.6. The van der Waals surface area contributed by atoms with E-state index < -0.39 is 40.3 Å². The first-order chi connectivity index (χ1) is 10.4. The lowest BCUT2D eigenvalue weighted by molar-refractivity contribution is -0.141. The number of ether oxygens (including phenoxy) is 1. The normalized spacial score (nSPS) is 10.5. The highest BCUT2D eigenvalue weighted by atomic mass is 32.1. The van der Waals surface area contributed by atoms with Crippen molar-refractivity contribution >= 4 is 33.3 Å². The summed E-state index contributed by atoms with van der Waals surface area (Å²) in [6, 6.07) is 3.43. The van der Waals surface area contributed by atoms with E-state index in [-0.39, 0.29) is 16.7 Å². The molecule has 0 aliphatic rings. The molecule has 0 unspecified atom stereocenters. The molecule has 0 atom stereocenters. The Kier molecular flexibility index (Phi) is 4.71. The summed E-state index contributed by atoms with van der Waals surface area (Å²) in [4.78, 5) is 35.4. The van der Waals surface area contributed by atoms with Crippen LogP contribution < -0.4 is 10.7 Å². The fraction of sp³-hybridized carbons (Fsp3) is 0.214. The van der Waals surface area contributed by atoms with E-state index in [0.29, 0.717) is 11.3 Å². The first kappa shape index (κ1) is 15.9. The second-order valence-electron chi connectivity index (χ2n) is 4.24. The van der Waals surface area contributed by atoms with Crippen LogP contribution in [0.4, 0.5) is 4.39 Å². The molecule has 8 heteroatoms. The van der Waals surface area contributed by atoms with Crippen molar-refractivity contribution in [1.29, 1.82) is 0 Å². The Morgan fingerprint density at radius 2 is 2.14 bits per heavy atom.